The number of hydrogen-bond donors (Lipinski definition) is 2. The van der Waals surface area contributed by atoms with Crippen molar-refractivity contribution in [3.63, 3.8) is 0 Å². The van der Waals surface area contributed by atoms with Crippen LogP contribution in [0.2, 0.25) is 0 Å². The van der Waals surface area contributed by atoms with Crippen LogP contribution in [0.5, 0.6) is 0 Å². The molecule has 1 aromatic carbocycles. The molecule has 18 heavy (non-hydrogen) atoms. The Kier molecular flexibility index (Phi) is 3.28. The maximum atomic E-state index is 13.9. The second-order valence-corrected chi connectivity index (χ2v) is 5.43. The highest BCUT2D eigenvalue weighted by Crippen LogP contribution is 2.49. The Labute approximate surface area is 107 Å². The third-order valence-corrected chi connectivity index (χ3v) is 3.36. The minimum atomic E-state index is -0.660. The van der Waals surface area contributed by atoms with Gasteiger partial charge >= 0.3 is 0 Å². The highest BCUT2D eigenvalue weighted by atomic mass is 19.1. The minimum Gasteiger partial charge on any atom is -0.399 e. The van der Waals surface area contributed by atoms with Crippen LogP contribution >= 0.6 is 0 Å². The molecule has 0 atom stereocenters. The first-order valence-electron chi connectivity index (χ1n) is 6.29. The number of rotatable bonds is 4. The normalized spacial score (nSPS) is 16.7. The molecule has 1 amide bonds. The molecule has 0 unspecified atom stereocenters. The van der Waals surface area contributed by atoms with Crippen molar-refractivity contribution in [3.8, 4) is 0 Å². The Balaban J connectivity index is 2.18. The first-order valence-corrected chi connectivity index (χ1v) is 6.29. The number of carbonyl (C=O) groups is 1. The van der Waals surface area contributed by atoms with E-state index in [1.807, 2.05) is 13.8 Å². The monoisotopic (exact) mass is 250 g/mol. The smallest absolute Gasteiger partial charge is 0.230 e. The first kappa shape index (κ1) is 12.9. The minimum absolute atomic E-state index is 0.0696. The zero-order chi connectivity index (χ0) is 13.3. The number of nitrogens with two attached hydrogens (primary N) is 1. The van der Waals surface area contributed by atoms with E-state index in [0.29, 0.717) is 36.6 Å². The Hall–Kier alpha value is -1.58. The van der Waals surface area contributed by atoms with Gasteiger partial charge in [-0.3, -0.25) is 4.79 Å². The Morgan fingerprint density at radius 3 is 2.67 bits per heavy atom. The van der Waals surface area contributed by atoms with E-state index in [1.165, 1.54) is 6.07 Å². The lowest BCUT2D eigenvalue weighted by molar-refractivity contribution is -0.123. The van der Waals surface area contributed by atoms with Crippen LogP contribution in [0.1, 0.15) is 32.3 Å². The number of halogens is 1. The Morgan fingerprint density at radius 1 is 1.50 bits per heavy atom. The number of anilines is 1. The van der Waals surface area contributed by atoms with Crippen molar-refractivity contribution in [1.29, 1.82) is 0 Å². The average Bonchev–Trinajstić information content (AvgIpc) is 3.07. The Morgan fingerprint density at radius 2 is 2.17 bits per heavy atom. The van der Waals surface area contributed by atoms with Gasteiger partial charge in [0.25, 0.3) is 0 Å². The molecular formula is C14H19FN2O. The molecule has 0 aromatic heterocycles. The van der Waals surface area contributed by atoms with E-state index in [1.54, 1.807) is 12.1 Å². The van der Waals surface area contributed by atoms with Gasteiger partial charge in [0.15, 0.2) is 0 Å². The van der Waals surface area contributed by atoms with Crippen molar-refractivity contribution < 1.29 is 9.18 Å². The summed E-state index contributed by atoms with van der Waals surface area (Å²) in [5.74, 6) is -0.0620. The van der Waals surface area contributed by atoms with E-state index in [-0.39, 0.29) is 11.7 Å². The summed E-state index contributed by atoms with van der Waals surface area (Å²) in [6.45, 7) is 4.68. The molecule has 3 nitrogen and oxygen atoms in total. The molecule has 1 fully saturated rings. The van der Waals surface area contributed by atoms with Gasteiger partial charge in [0.05, 0.1) is 5.41 Å². The maximum absolute atomic E-state index is 13.9. The SMILES string of the molecule is CC(C)CNC(=O)C1(c2ccc(N)cc2F)CC1. The quantitative estimate of drug-likeness (QED) is 0.805. The molecule has 0 aliphatic heterocycles. The van der Waals surface area contributed by atoms with Gasteiger partial charge < -0.3 is 11.1 Å². The van der Waals surface area contributed by atoms with Gasteiger partial charge in [-0.05, 0) is 30.9 Å². The molecule has 0 radical (unpaired) electrons. The zero-order valence-electron chi connectivity index (χ0n) is 10.8. The van der Waals surface area contributed by atoms with Gasteiger partial charge in [0, 0.05) is 17.8 Å². The lowest BCUT2D eigenvalue weighted by Gasteiger charge is -2.17. The summed E-state index contributed by atoms with van der Waals surface area (Å²) in [7, 11) is 0. The molecular weight excluding hydrogens is 231 g/mol. The van der Waals surface area contributed by atoms with Crippen molar-refractivity contribution in [2.24, 2.45) is 5.92 Å². The number of carbonyl (C=O) groups excluding carboxylic acids is 1. The van der Waals surface area contributed by atoms with Crippen LogP contribution in [-0.4, -0.2) is 12.5 Å². The molecule has 0 heterocycles. The van der Waals surface area contributed by atoms with Crippen LogP contribution in [0.25, 0.3) is 0 Å². The van der Waals surface area contributed by atoms with E-state index >= 15 is 0 Å². The second-order valence-electron chi connectivity index (χ2n) is 5.43. The number of benzene rings is 1. The molecule has 98 valence electrons. The predicted molar refractivity (Wildman–Crippen MR) is 69.6 cm³/mol. The lowest BCUT2D eigenvalue weighted by Crippen LogP contribution is -2.37. The standard InChI is InChI=1S/C14H19FN2O/c1-9(2)8-17-13(18)14(5-6-14)11-4-3-10(16)7-12(11)15/h3-4,7,9H,5-6,8,16H2,1-2H3,(H,17,18). The van der Waals surface area contributed by atoms with E-state index in [2.05, 4.69) is 5.32 Å². The molecule has 2 rings (SSSR count). The van der Waals surface area contributed by atoms with E-state index in [9.17, 15) is 9.18 Å². The third kappa shape index (κ3) is 2.33. The van der Waals surface area contributed by atoms with Crippen LogP contribution in [0.4, 0.5) is 10.1 Å². The van der Waals surface area contributed by atoms with Crippen LogP contribution in [-0.2, 0) is 10.2 Å². The van der Waals surface area contributed by atoms with Crippen LogP contribution in [0.15, 0.2) is 18.2 Å². The van der Waals surface area contributed by atoms with Gasteiger partial charge in [-0.25, -0.2) is 4.39 Å². The molecule has 0 spiro atoms. The summed E-state index contributed by atoms with van der Waals surface area (Å²) in [5.41, 5.74) is 5.72. The fourth-order valence-electron chi connectivity index (χ4n) is 2.13. The maximum Gasteiger partial charge on any atom is 0.230 e. The first-order chi connectivity index (χ1) is 8.45. The number of nitrogen functional groups attached to an aromatic ring is 1. The van der Waals surface area contributed by atoms with Gasteiger partial charge in [-0.2, -0.15) is 0 Å². The lowest BCUT2D eigenvalue weighted by atomic mass is 9.94. The summed E-state index contributed by atoms with van der Waals surface area (Å²) >= 11 is 0. The summed E-state index contributed by atoms with van der Waals surface area (Å²) < 4.78 is 13.9. The van der Waals surface area contributed by atoms with Gasteiger partial charge in [-0.15, -0.1) is 0 Å². The molecule has 0 bridgehead atoms. The highest BCUT2D eigenvalue weighted by Gasteiger charge is 2.52. The fraction of sp³-hybridized carbons (Fsp3) is 0.500. The number of nitrogens with one attached hydrogen (secondary N) is 1. The molecule has 1 aliphatic carbocycles. The van der Waals surface area contributed by atoms with Crippen molar-refractivity contribution in [3.05, 3.63) is 29.6 Å². The molecule has 3 N–H and O–H groups in total. The molecule has 1 aromatic rings. The average molecular weight is 250 g/mol. The van der Waals surface area contributed by atoms with E-state index < -0.39 is 5.41 Å². The molecule has 1 aliphatic rings. The molecule has 1 saturated carbocycles. The summed E-state index contributed by atoms with van der Waals surface area (Å²) in [5, 5.41) is 2.89. The van der Waals surface area contributed by atoms with Gasteiger partial charge in [0.2, 0.25) is 5.91 Å². The summed E-state index contributed by atoms with van der Waals surface area (Å²) in [6, 6.07) is 4.56. The van der Waals surface area contributed by atoms with Crippen molar-refractivity contribution in [1.82, 2.24) is 5.32 Å². The predicted octanol–water partition coefficient (Wildman–Crippen LogP) is 2.21. The Bertz CT molecular complexity index is 467. The number of amides is 1. The largest absolute Gasteiger partial charge is 0.399 e. The molecule has 0 saturated heterocycles. The van der Waals surface area contributed by atoms with Crippen molar-refractivity contribution in [2.45, 2.75) is 32.1 Å². The van der Waals surface area contributed by atoms with Crippen LogP contribution in [0.3, 0.4) is 0 Å². The van der Waals surface area contributed by atoms with E-state index in [4.69, 9.17) is 5.73 Å². The molecule has 4 heteroatoms. The number of hydrogen-bond acceptors (Lipinski definition) is 2. The van der Waals surface area contributed by atoms with Gasteiger partial charge in [0.1, 0.15) is 5.82 Å². The van der Waals surface area contributed by atoms with Crippen molar-refractivity contribution in [2.75, 3.05) is 12.3 Å². The zero-order valence-corrected chi connectivity index (χ0v) is 10.8. The third-order valence-electron chi connectivity index (χ3n) is 3.36. The van der Waals surface area contributed by atoms with Crippen LogP contribution < -0.4 is 11.1 Å². The topological polar surface area (TPSA) is 55.1 Å². The van der Waals surface area contributed by atoms with Gasteiger partial charge in [-0.1, -0.05) is 19.9 Å². The van der Waals surface area contributed by atoms with Crippen LogP contribution in [0, 0.1) is 11.7 Å². The highest BCUT2D eigenvalue weighted by molar-refractivity contribution is 5.91. The van der Waals surface area contributed by atoms with E-state index in [0.717, 1.165) is 0 Å². The summed E-state index contributed by atoms with van der Waals surface area (Å²) in [6.07, 6.45) is 1.41. The second kappa shape index (κ2) is 4.59. The fourth-order valence-corrected chi connectivity index (χ4v) is 2.13. The summed E-state index contributed by atoms with van der Waals surface area (Å²) in [4.78, 5) is 12.2. The van der Waals surface area contributed by atoms with Crippen molar-refractivity contribution >= 4 is 11.6 Å².